The summed E-state index contributed by atoms with van der Waals surface area (Å²) in [6, 6.07) is 1.13. The van der Waals surface area contributed by atoms with E-state index in [9.17, 15) is 4.79 Å². The summed E-state index contributed by atoms with van der Waals surface area (Å²) >= 11 is 0. The SMILES string of the molecule is Cn1cc(C(=O)C2CC3CCCC(C2)N3)cn1. The van der Waals surface area contributed by atoms with Crippen LogP contribution in [0.1, 0.15) is 42.5 Å². The van der Waals surface area contributed by atoms with Gasteiger partial charge in [0.05, 0.1) is 11.8 Å². The van der Waals surface area contributed by atoms with Crippen molar-refractivity contribution in [2.75, 3.05) is 0 Å². The van der Waals surface area contributed by atoms with Crippen LogP contribution in [0.15, 0.2) is 12.4 Å². The first kappa shape index (κ1) is 11.0. The first-order chi connectivity index (χ1) is 8.22. The Morgan fingerprint density at radius 1 is 1.41 bits per heavy atom. The molecule has 2 bridgehead atoms. The van der Waals surface area contributed by atoms with Gasteiger partial charge in [-0.25, -0.2) is 0 Å². The lowest BCUT2D eigenvalue weighted by Gasteiger charge is -2.39. The number of aryl methyl sites for hydroxylation is 1. The van der Waals surface area contributed by atoms with Crippen molar-refractivity contribution in [3.05, 3.63) is 18.0 Å². The summed E-state index contributed by atoms with van der Waals surface area (Å²) < 4.78 is 1.70. The number of nitrogens with one attached hydrogen (secondary N) is 1. The summed E-state index contributed by atoms with van der Waals surface area (Å²) in [5.41, 5.74) is 0.775. The third-order valence-electron chi connectivity index (χ3n) is 4.07. The Kier molecular flexibility index (Phi) is 2.74. The molecule has 17 heavy (non-hydrogen) atoms. The molecule has 1 aromatic heterocycles. The van der Waals surface area contributed by atoms with Gasteiger partial charge in [0.1, 0.15) is 0 Å². The minimum absolute atomic E-state index is 0.204. The van der Waals surface area contributed by atoms with Gasteiger partial charge < -0.3 is 5.32 Å². The summed E-state index contributed by atoms with van der Waals surface area (Å²) in [5.74, 6) is 0.493. The highest BCUT2D eigenvalue weighted by atomic mass is 16.1. The Balaban J connectivity index is 1.74. The van der Waals surface area contributed by atoms with Crippen LogP contribution in [0, 0.1) is 5.92 Å². The van der Waals surface area contributed by atoms with E-state index in [0.717, 1.165) is 18.4 Å². The van der Waals surface area contributed by atoms with E-state index < -0.39 is 0 Å². The van der Waals surface area contributed by atoms with Crippen LogP contribution >= 0.6 is 0 Å². The predicted molar refractivity (Wildman–Crippen MR) is 64.8 cm³/mol. The molecule has 0 radical (unpaired) electrons. The van der Waals surface area contributed by atoms with Gasteiger partial charge in [0.15, 0.2) is 5.78 Å². The molecule has 0 saturated carbocycles. The molecule has 4 nitrogen and oxygen atoms in total. The van der Waals surface area contributed by atoms with E-state index in [1.807, 2.05) is 13.2 Å². The van der Waals surface area contributed by atoms with Crippen LogP contribution in [0.3, 0.4) is 0 Å². The molecule has 4 heteroatoms. The maximum atomic E-state index is 12.4. The third kappa shape index (κ3) is 2.14. The fraction of sp³-hybridized carbons (Fsp3) is 0.692. The Morgan fingerprint density at radius 2 is 2.12 bits per heavy atom. The Hall–Kier alpha value is -1.16. The number of rotatable bonds is 2. The largest absolute Gasteiger partial charge is 0.311 e. The van der Waals surface area contributed by atoms with Gasteiger partial charge in [0.25, 0.3) is 0 Å². The maximum absolute atomic E-state index is 12.4. The zero-order valence-electron chi connectivity index (χ0n) is 10.2. The van der Waals surface area contributed by atoms with E-state index in [-0.39, 0.29) is 11.7 Å². The molecule has 1 N–H and O–H groups in total. The van der Waals surface area contributed by atoms with Gasteiger partial charge >= 0.3 is 0 Å². The first-order valence-electron chi connectivity index (χ1n) is 6.51. The molecule has 2 saturated heterocycles. The van der Waals surface area contributed by atoms with Crippen molar-refractivity contribution in [1.29, 1.82) is 0 Å². The number of fused-ring (bicyclic) bond motifs is 2. The molecular weight excluding hydrogens is 214 g/mol. The number of nitrogens with zero attached hydrogens (tertiary/aromatic N) is 2. The smallest absolute Gasteiger partial charge is 0.169 e. The predicted octanol–water partition coefficient (Wildman–Crippen LogP) is 1.52. The molecule has 0 aromatic carbocycles. The summed E-state index contributed by atoms with van der Waals surface area (Å²) in [5, 5.41) is 7.71. The molecule has 92 valence electrons. The average Bonchev–Trinajstić information content (AvgIpc) is 2.74. The van der Waals surface area contributed by atoms with Crippen LogP contribution in [0.4, 0.5) is 0 Å². The monoisotopic (exact) mass is 233 g/mol. The van der Waals surface area contributed by atoms with Crippen LogP contribution in [0.25, 0.3) is 0 Å². The number of ketones is 1. The van der Waals surface area contributed by atoms with Crippen molar-refractivity contribution < 1.29 is 4.79 Å². The zero-order chi connectivity index (χ0) is 11.8. The lowest BCUT2D eigenvalue weighted by molar-refractivity contribution is 0.0825. The van der Waals surface area contributed by atoms with Gasteiger partial charge in [-0.05, 0) is 25.7 Å². The van der Waals surface area contributed by atoms with Crippen molar-refractivity contribution >= 4 is 5.78 Å². The minimum Gasteiger partial charge on any atom is -0.311 e. The standard InChI is InChI=1S/C13H19N3O/c1-16-8-10(7-14-16)13(17)9-5-11-3-2-4-12(6-9)15-11/h7-9,11-12,15H,2-6H2,1H3. The lowest BCUT2D eigenvalue weighted by Crippen LogP contribution is -2.50. The molecule has 2 atom stereocenters. The van der Waals surface area contributed by atoms with E-state index >= 15 is 0 Å². The van der Waals surface area contributed by atoms with Crippen molar-refractivity contribution in [3.8, 4) is 0 Å². The van der Waals surface area contributed by atoms with Gasteiger partial charge in [0, 0.05) is 31.2 Å². The molecular formula is C13H19N3O. The second-order valence-corrected chi connectivity index (χ2v) is 5.43. The quantitative estimate of drug-likeness (QED) is 0.788. The van der Waals surface area contributed by atoms with Crippen molar-refractivity contribution in [2.24, 2.45) is 13.0 Å². The molecule has 2 fully saturated rings. The lowest BCUT2D eigenvalue weighted by atomic mass is 9.77. The number of carbonyl (C=O) groups excluding carboxylic acids is 1. The first-order valence-corrected chi connectivity index (χ1v) is 6.51. The highest BCUT2D eigenvalue weighted by Crippen LogP contribution is 2.31. The molecule has 1 aromatic rings. The van der Waals surface area contributed by atoms with E-state index in [4.69, 9.17) is 0 Å². The van der Waals surface area contributed by atoms with Gasteiger partial charge in [-0.1, -0.05) is 6.42 Å². The number of aromatic nitrogens is 2. The maximum Gasteiger partial charge on any atom is 0.169 e. The summed E-state index contributed by atoms with van der Waals surface area (Å²) in [4.78, 5) is 12.4. The summed E-state index contributed by atoms with van der Waals surface area (Å²) in [7, 11) is 1.86. The van der Waals surface area contributed by atoms with Gasteiger partial charge in [-0.3, -0.25) is 9.48 Å². The van der Waals surface area contributed by atoms with Crippen LogP contribution in [-0.4, -0.2) is 27.6 Å². The fourth-order valence-electron chi connectivity index (χ4n) is 3.26. The molecule has 3 rings (SSSR count). The normalized spacial score (nSPS) is 32.4. The van der Waals surface area contributed by atoms with Gasteiger partial charge in [0.2, 0.25) is 0 Å². The van der Waals surface area contributed by atoms with Crippen molar-refractivity contribution in [3.63, 3.8) is 0 Å². The number of hydrogen-bond acceptors (Lipinski definition) is 3. The average molecular weight is 233 g/mol. The zero-order valence-corrected chi connectivity index (χ0v) is 10.2. The molecule has 2 unspecified atom stereocenters. The number of carbonyl (C=O) groups is 1. The third-order valence-corrected chi connectivity index (χ3v) is 4.07. The summed E-state index contributed by atoms with van der Waals surface area (Å²) in [6.07, 6.45) is 9.31. The highest BCUT2D eigenvalue weighted by molar-refractivity contribution is 5.97. The molecule has 0 spiro atoms. The molecule has 0 aliphatic carbocycles. The van der Waals surface area contributed by atoms with Crippen LogP contribution in [0.5, 0.6) is 0 Å². The van der Waals surface area contributed by atoms with Crippen molar-refractivity contribution in [2.45, 2.75) is 44.2 Å². The van der Waals surface area contributed by atoms with Crippen molar-refractivity contribution in [1.82, 2.24) is 15.1 Å². The van der Waals surface area contributed by atoms with Crippen LogP contribution < -0.4 is 5.32 Å². The minimum atomic E-state index is 0.204. The van der Waals surface area contributed by atoms with Crippen LogP contribution in [-0.2, 0) is 7.05 Å². The van der Waals surface area contributed by atoms with E-state index in [1.54, 1.807) is 10.9 Å². The van der Waals surface area contributed by atoms with E-state index in [0.29, 0.717) is 12.1 Å². The number of piperidine rings is 2. The summed E-state index contributed by atoms with van der Waals surface area (Å²) in [6.45, 7) is 0. The molecule has 2 aliphatic rings. The number of Topliss-reactive ketones (excluding diaryl/α,β-unsaturated/α-hetero) is 1. The Morgan fingerprint density at radius 3 is 2.71 bits per heavy atom. The van der Waals surface area contributed by atoms with E-state index in [1.165, 1.54) is 19.3 Å². The van der Waals surface area contributed by atoms with Gasteiger partial charge in [-0.15, -0.1) is 0 Å². The highest BCUT2D eigenvalue weighted by Gasteiger charge is 2.35. The topological polar surface area (TPSA) is 46.9 Å². The Labute approximate surface area is 101 Å². The molecule has 3 heterocycles. The fourth-order valence-corrected chi connectivity index (χ4v) is 3.26. The molecule has 0 amide bonds. The van der Waals surface area contributed by atoms with Crippen LogP contribution in [0.2, 0.25) is 0 Å². The second kappa shape index (κ2) is 4.26. The van der Waals surface area contributed by atoms with E-state index in [2.05, 4.69) is 10.4 Å². The number of hydrogen-bond donors (Lipinski definition) is 1. The Bertz CT molecular complexity index is 414. The molecule has 2 aliphatic heterocycles. The van der Waals surface area contributed by atoms with Gasteiger partial charge in [-0.2, -0.15) is 5.10 Å². The second-order valence-electron chi connectivity index (χ2n) is 5.43.